The van der Waals surface area contributed by atoms with E-state index in [1.54, 1.807) is 18.2 Å². The smallest absolute Gasteiger partial charge is 0.220 e. The molecule has 0 aliphatic heterocycles. The molecule has 0 atom stereocenters. The number of ketones is 1. The first-order valence-corrected chi connectivity index (χ1v) is 5.51. The fourth-order valence-electron chi connectivity index (χ4n) is 1.16. The van der Waals surface area contributed by atoms with Crippen LogP contribution in [0, 0.1) is 0 Å². The van der Waals surface area contributed by atoms with Crippen LogP contribution >= 0.6 is 15.9 Å². The molecule has 0 unspecified atom stereocenters. The van der Waals surface area contributed by atoms with Crippen LogP contribution in [-0.4, -0.2) is 18.3 Å². The molecule has 0 aliphatic rings. The summed E-state index contributed by atoms with van der Waals surface area (Å²) in [5.74, 6) is -0.0474. The van der Waals surface area contributed by atoms with E-state index >= 15 is 0 Å². The van der Waals surface area contributed by atoms with E-state index in [9.17, 15) is 9.59 Å². The predicted octanol–water partition coefficient (Wildman–Crippen LogP) is 1.91. The van der Waals surface area contributed by atoms with Crippen molar-refractivity contribution in [3.63, 3.8) is 0 Å². The number of benzene rings is 1. The minimum absolute atomic E-state index is 0.0876. The van der Waals surface area contributed by atoms with Crippen LogP contribution in [0.5, 0.6) is 5.75 Å². The zero-order valence-electron chi connectivity index (χ0n) is 8.83. The van der Waals surface area contributed by atoms with Gasteiger partial charge in [-0.25, -0.2) is 0 Å². The summed E-state index contributed by atoms with van der Waals surface area (Å²) < 4.78 is 6.13. The van der Waals surface area contributed by atoms with Gasteiger partial charge in [-0.15, -0.1) is 0 Å². The van der Waals surface area contributed by atoms with Gasteiger partial charge in [0.25, 0.3) is 0 Å². The fourth-order valence-corrected chi connectivity index (χ4v) is 1.53. The van der Waals surface area contributed by atoms with Gasteiger partial charge in [-0.3, -0.25) is 9.59 Å². The van der Waals surface area contributed by atoms with Crippen molar-refractivity contribution in [2.24, 2.45) is 5.73 Å². The second-order valence-corrected chi connectivity index (χ2v) is 4.18. The number of halogens is 1. The first kappa shape index (κ1) is 12.7. The highest BCUT2D eigenvalue weighted by Crippen LogP contribution is 2.23. The van der Waals surface area contributed by atoms with Gasteiger partial charge in [0.15, 0.2) is 5.78 Å². The summed E-state index contributed by atoms with van der Waals surface area (Å²) in [6.45, 7) is 1.64. The standard InChI is InChI=1S/C11H12BrNO3/c1-7(14)9-6-8(12)2-3-10(9)16-5-4-11(13)15/h2-3,6H,4-5H2,1H3,(H2,13,15). The van der Waals surface area contributed by atoms with Crippen LogP contribution in [0.3, 0.4) is 0 Å². The first-order valence-electron chi connectivity index (χ1n) is 4.72. The van der Waals surface area contributed by atoms with E-state index in [1.165, 1.54) is 6.92 Å². The molecule has 0 fully saturated rings. The number of ether oxygens (including phenoxy) is 1. The Balaban J connectivity index is 2.78. The van der Waals surface area contributed by atoms with Crippen molar-refractivity contribution in [2.45, 2.75) is 13.3 Å². The molecule has 5 heteroatoms. The topological polar surface area (TPSA) is 69.4 Å². The van der Waals surface area contributed by atoms with Crippen molar-refractivity contribution in [2.75, 3.05) is 6.61 Å². The average molecular weight is 286 g/mol. The SMILES string of the molecule is CC(=O)c1cc(Br)ccc1OCCC(N)=O. The predicted molar refractivity (Wildman–Crippen MR) is 63.5 cm³/mol. The number of nitrogens with two attached hydrogens (primary N) is 1. The highest BCUT2D eigenvalue weighted by atomic mass is 79.9. The highest BCUT2D eigenvalue weighted by molar-refractivity contribution is 9.10. The Morgan fingerprint density at radius 3 is 2.69 bits per heavy atom. The summed E-state index contributed by atoms with van der Waals surface area (Å²) in [6.07, 6.45) is 0.132. The molecule has 0 aromatic heterocycles. The average Bonchev–Trinajstić information content (AvgIpc) is 2.19. The van der Waals surface area contributed by atoms with Gasteiger partial charge in [0.05, 0.1) is 18.6 Å². The number of hydrogen-bond donors (Lipinski definition) is 1. The maximum absolute atomic E-state index is 11.3. The van der Waals surface area contributed by atoms with Crippen LogP contribution < -0.4 is 10.5 Å². The maximum atomic E-state index is 11.3. The Hall–Kier alpha value is -1.36. The van der Waals surface area contributed by atoms with Gasteiger partial charge in [0, 0.05) is 4.47 Å². The summed E-state index contributed by atoms with van der Waals surface area (Å²) >= 11 is 3.27. The first-order chi connectivity index (χ1) is 7.50. The van der Waals surface area contributed by atoms with Crippen molar-refractivity contribution in [1.29, 1.82) is 0 Å². The van der Waals surface area contributed by atoms with Gasteiger partial charge < -0.3 is 10.5 Å². The van der Waals surface area contributed by atoms with E-state index in [0.717, 1.165) is 4.47 Å². The van der Waals surface area contributed by atoms with Crippen LogP contribution in [-0.2, 0) is 4.79 Å². The number of carbonyl (C=O) groups excluding carboxylic acids is 2. The van der Waals surface area contributed by atoms with Crippen LogP contribution in [0.15, 0.2) is 22.7 Å². The summed E-state index contributed by atoms with van der Waals surface area (Å²) in [5, 5.41) is 0. The van der Waals surface area contributed by atoms with Gasteiger partial charge in [0.1, 0.15) is 5.75 Å². The van der Waals surface area contributed by atoms with E-state index in [1.807, 2.05) is 0 Å². The van der Waals surface area contributed by atoms with Gasteiger partial charge in [-0.1, -0.05) is 15.9 Å². The lowest BCUT2D eigenvalue weighted by Gasteiger charge is -2.09. The number of hydrogen-bond acceptors (Lipinski definition) is 3. The summed E-state index contributed by atoms with van der Waals surface area (Å²) in [6, 6.07) is 5.13. The normalized spacial score (nSPS) is 9.88. The largest absolute Gasteiger partial charge is 0.492 e. The molecule has 0 heterocycles. The van der Waals surface area contributed by atoms with Gasteiger partial charge in [-0.05, 0) is 25.1 Å². The number of rotatable bonds is 5. The number of carbonyl (C=O) groups is 2. The molecule has 1 amide bonds. The van der Waals surface area contributed by atoms with Crippen molar-refractivity contribution in [1.82, 2.24) is 0 Å². The molecular formula is C11H12BrNO3. The molecular weight excluding hydrogens is 274 g/mol. The van der Waals surface area contributed by atoms with E-state index < -0.39 is 5.91 Å². The van der Waals surface area contributed by atoms with Gasteiger partial charge >= 0.3 is 0 Å². The quantitative estimate of drug-likeness (QED) is 0.840. The Labute approximate surface area is 102 Å². The lowest BCUT2D eigenvalue weighted by molar-refractivity contribution is -0.118. The number of Topliss-reactive ketones (excluding diaryl/α,β-unsaturated/α-hetero) is 1. The zero-order valence-corrected chi connectivity index (χ0v) is 10.4. The summed E-state index contributed by atoms with van der Waals surface area (Å²) in [7, 11) is 0. The van der Waals surface area contributed by atoms with Gasteiger partial charge in [-0.2, -0.15) is 0 Å². The molecule has 1 aromatic rings. The number of amides is 1. The third-order valence-electron chi connectivity index (χ3n) is 1.93. The van der Waals surface area contributed by atoms with E-state index in [4.69, 9.17) is 10.5 Å². The Morgan fingerprint density at radius 1 is 1.44 bits per heavy atom. The van der Waals surface area contributed by atoms with Crippen molar-refractivity contribution in [3.8, 4) is 5.75 Å². The zero-order chi connectivity index (χ0) is 12.1. The van der Waals surface area contributed by atoms with E-state index in [-0.39, 0.29) is 18.8 Å². The maximum Gasteiger partial charge on any atom is 0.220 e. The summed E-state index contributed by atoms with van der Waals surface area (Å²) in [4.78, 5) is 21.9. The highest BCUT2D eigenvalue weighted by Gasteiger charge is 2.09. The molecule has 0 saturated carbocycles. The number of primary amides is 1. The Kier molecular flexibility index (Phi) is 4.49. The molecule has 4 nitrogen and oxygen atoms in total. The Bertz CT molecular complexity index is 418. The lowest BCUT2D eigenvalue weighted by Crippen LogP contribution is -2.15. The molecule has 16 heavy (non-hydrogen) atoms. The molecule has 0 aliphatic carbocycles. The second-order valence-electron chi connectivity index (χ2n) is 3.26. The lowest BCUT2D eigenvalue weighted by atomic mass is 10.1. The minimum Gasteiger partial charge on any atom is -0.492 e. The van der Waals surface area contributed by atoms with E-state index in [0.29, 0.717) is 11.3 Å². The molecule has 0 spiro atoms. The van der Waals surface area contributed by atoms with Crippen LogP contribution in [0.1, 0.15) is 23.7 Å². The van der Waals surface area contributed by atoms with Crippen LogP contribution in [0.25, 0.3) is 0 Å². The molecule has 86 valence electrons. The molecule has 0 saturated heterocycles. The van der Waals surface area contributed by atoms with Gasteiger partial charge in [0.2, 0.25) is 5.91 Å². The molecule has 2 N–H and O–H groups in total. The van der Waals surface area contributed by atoms with Crippen molar-refractivity contribution < 1.29 is 14.3 Å². The molecule has 1 aromatic carbocycles. The fraction of sp³-hybridized carbons (Fsp3) is 0.273. The van der Waals surface area contributed by atoms with E-state index in [2.05, 4.69) is 15.9 Å². The third-order valence-corrected chi connectivity index (χ3v) is 2.42. The molecule has 1 rings (SSSR count). The van der Waals surface area contributed by atoms with Crippen molar-refractivity contribution >= 4 is 27.6 Å². The molecule has 0 radical (unpaired) electrons. The Morgan fingerprint density at radius 2 is 2.12 bits per heavy atom. The molecule has 0 bridgehead atoms. The van der Waals surface area contributed by atoms with Crippen LogP contribution in [0.4, 0.5) is 0 Å². The third kappa shape index (κ3) is 3.66. The van der Waals surface area contributed by atoms with Crippen molar-refractivity contribution in [3.05, 3.63) is 28.2 Å². The van der Waals surface area contributed by atoms with Crippen LogP contribution in [0.2, 0.25) is 0 Å². The minimum atomic E-state index is -0.429. The second kappa shape index (κ2) is 5.65. The summed E-state index contributed by atoms with van der Waals surface area (Å²) in [5.41, 5.74) is 5.47. The monoisotopic (exact) mass is 285 g/mol.